The largest absolute Gasteiger partial charge is 0.393 e. The Balaban J connectivity index is 2.55. The highest BCUT2D eigenvalue weighted by molar-refractivity contribution is 7.80. The topological polar surface area (TPSA) is 32.5 Å². The number of likely N-dealkylation sites (N-methyl/N-ethyl adjacent to an activating group) is 1. The highest BCUT2D eigenvalue weighted by Gasteiger charge is 2.26. The first-order valence-corrected chi connectivity index (χ1v) is 7.50. The Labute approximate surface area is 118 Å². The van der Waals surface area contributed by atoms with Crippen LogP contribution in [0.3, 0.4) is 0 Å². The summed E-state index contributed by atoms with van der Waals surface area (Å²) < 4.78 is 0. The zero-order chi connectivity index (χ0) is 13.8. The van der Waals surface area contributed by atoms with Gasteiger partial charge < -0.3 is 10.6 Å². The van der Waals surface area contributed by atoms with Crippen LogP contribution in [0, 0.1) is 5.41 Å². The molecule has 3 nitrogen and oxygen atoms in total. The summed E-state index contributed by atoms with van der Waals surface area (Å²) in [4.78, 5) is 5.72. The molecule has 0 amide bonds. The fraction of sp³-hybridized carbons (Fsp3) is 0.929. The third kappa shape index (κ3) is 4.48. The molecular formula is C14H29N3S. The lowest BCUT2D eigenvalue weighted by Crippen LogP contribution is -2.42. The van der Waals surface area contributed by atoms with E-state index in [1.807, 2.05) is 0 Å². The smallest absolute Gasteiger partial charge is 0.0784 e. The molecule has 1 aliphatic rings. The molecule has 1 aliphatic heterocycles. The van der Waals surface area contributed by atoms with Crippen molar-refractivity contribution in [3.05, 3.63) is 0 Å². The quantitative estimate of drug-likeness (QED) is 0.776. The lowest BCUT2D eigenvalue weighted by Gasteiger charge is -2.33. The Morgan fingerprint density at radius 3 is 2.61 bits per heavy atom. The van der Waals surface area contributed by atoms with Crippen LogP contribution in [0.4, 0.5) is 0 Å². The number of hydrogen-bond donors (Lipinski definition) is 1. The van der Waals surface area contributed by atoms with E-state index in [0.717, 1.165) is 13.0 Å². The van der Waals surface area contributed by atoms with Crippen molar-refractivity contribution < 1.29 is 0 Å². The summed E-state index contributed by atoms with van der Waals surface area (Å²) in [6.45, 7) is 11.3. The second-order valence-electron chi connectivity index (χ2n) is 6.21. The predicted molar refractivity (Wildman–Crippen MR) is 82.9 cm³/mol. The molecule has 4 heteroatoms. The minimum absolute atomic E-state index is 0.0220. The second kappa shape index (κ2) is 6.83. The van der Waals surface area contributed by atoms with Gasteiger partial charge in [-0.1, -0.05) is 33.0 Å². The molecule has 0 bridgehead atoms. The Hall–Kier alpha value is -0.190. The normalized spacial score (nSPS) is 23.9. The maximum absolute atomic E-state index is 5.81. The summed E-state index contributed by atoms with van der Waals surface area (Å²) in [5, 5.41) is 0. The number of rotatable bonds is 5. The van der Waals surface area contributed by atoms with Crippen molar-refractivity contribution in [1.29, 1.82) is 0 Å². The molecule has 0 aromatic rings. The minimum Gasteiger partial charge on any atom is -0.393 e. The molecular weight excluding hydrogens is 242 g/mol. The van der Waals surface area contributed by atoms with Crippen molar-refractivity contribution in [2.24, 2.45) is 11.1 Å². The van der Waals surface area contributed by atoms with E-state index in [-0.39, 0.29) is 5.41 Å². The molecule has 2 N–H and O–H groups in total. The van der Waals surface area contributed by atoms with Crippen molar-refractivity contribution in [1.82, 2.24) is 9.80 Å². The summed E-state index contributed by atoms with van der Waals surface area (Å²) in [5.74, 6) is 0. The van der Waals surface area contributed by atoms with Crippen LogP contribution < -0.4 is 5.73 Å². The summed E-state index contributed by atoms with van der Waals surface area (Å²) >= 11 is 5.15. The molecule has 1 rings (SSSR count). The summed E-state index contributed by atoms with van der Waals surface area (Å²) in [6.07, 6.45) is 3.54. The van der Waals surface area contributed by atoms with Gasteiger partial charge in [-0.15, -0.1) is 0 Å². The molecule has 0 aromatic carbocycles. The van der Waals surface area contributed by atoms with E-state index < -0.39 is 0 Å². The molecule has 1 atom stereocenters. The van der Waals surface area contributed by atoms with Crippen LogP contribution in [0.25, 0.3) is 0 Å². The second-order valence-corrected chi connectivity index (χ2v) is 6.65. The van der Waals surface area contributed by atoms with Crippen LogP contribution >= 0.6 is 12.2 Å². The Kier molecular flexibility index (Phi) is 6.02. The highest BCUT2D eigenvalue weighted by atomic mass is 32.1. The first-order chi connectivity index (χ1) is 8.36. The lowest BCUT2D eigenvalue weighted by molar-refractivity contribution is 0.169. The van der Waals surface area contributed by atoms with Crippen molar-refractivity contribution in [3.8, 4) is 0 Å². The van der Waals surface area contributed by atoms with Crippen molar-refractivity contribution in [3.63, 3.8) is 0 Å². The van der Waals surface area contributed by atoms with Gasteiger partial charge in [-0.2, -0.15) is 0 Å². The molecule has 0 saturated carbocycles. The van der Waals surface area contributed by atoms with E-state index in [0.29, 0.717) is 11.0 Å². The molecule has 0 spiro atoms. The van der Waals surface area contributed by atoms with E-state index >= 15 is 0 Å². The van der Waals surface area contributed by atoms with Gasteiger partial charge in [0.05, 0.1) is 4.99 Å². The maximum atomic E-state index is 5.81. The van der Waals surface area contributed by atoms with Crippen LogP contribution in [0.1, 0.15) is 40.0 Å². The van der Waals surface area contributed by atoms with E-state index in [9.17, 15) is 0 Å². The number of nitrogens with zero attached hydrogens (tertiary/aromatic N) is 2. The summed E-state index contributed by atoms with van der Waals surface area (Å²) in [5.41, 5.74) is 5.79. The van der Waals surface area contributed by atoms with Gasteiger partial charge in [0.2, 0.25) is 0 Å². The first kappa shape index (κ1) is 15.9. The van der Waals surface area contributed by atoms with Gasteiger partial charge in [-0.05, 0) is 45.9 Å². The molecule has 0 aliphatic carbocycles. The maximum Gasteiger partial charge on any atom is 0.0784 e. The van der Waals surface area contributed by atoms with E-state index in [4.69, 9.17) is 18.0 Å². The van der Waals surface area contributed by atoms with E-state index in [2.05, 4.69) is 37.6 Å². The Morgan fingerprint density at radius 1 is 1.39 bits per heavy atom. The van der Waals surface area contributed by atoms with Crippen LogP contribution in [0.5, 0.6) is 0 Å². The fourth-order valence-electron chi connectivity index (χ4n) is 2.52. The highest BCUT2D eigenvalue weighted by Crippen LogP contribution is 2.23. The molecule has 18 heavy (non-hydrogen) atoms. The Bertz CT molecular complexity index is 278. The number of thiocarbonyl (C=S) groups is 1. The monoisotopic (exact) mass is 271 g/mol. The third-order valence-corrected chi connectivity index (χ3v) is 4.74. The SMILES string of the molecule is CCC1CN(C)CCCN1CCC(C)(C)C(N)=S. The molecule has 1 fully saturated rings. The molecule has 1 heterocycles. The number of hydrogen-bond acceptors (Lipinski definition) is 3. The zero-order valence-electron chi connectivity index (χ0n) is 12.4. The van der Waals surface area contributed by atoms with Gasteiger partial charge in [0.1, 0.15) is 0 Å². The third-order valence-electron chi connectivity index (χ3n) is 4.19. The van der Waals surface area contributed by atoms with Crippen LogP contribution in [-0.4, -0.2) is 54.1 Å². The van der Waals surface area contributed by atoms with Gasteiger partial charge in [0.25, 0.3) is 0 Å². The lowest BCUT2D eigenvalue weighted by atomic mass is 9.89. The molecule has 1 unspecified atom stereocenters. The summed E-state index contributed by atoms with van der Waals surface area (Å²) in [7, 11) is 2.23. The minimum atomic E-state index is -0.0220. The van der Waals surface area contributed by atoms with Crippen LogP contribution in [-0.2, 0) is 0 Å². The average Bonchev–Trinajstić information content (AvgIpc) is 2.47. The zero-order valence-corrected chi connectivity index (χ0v) is 13.2. The molecule has 0 aromatic heterocycles. The number of nitrogens with two attached hydrogens (primary N) is 1. The van der Waals surface area contributed by atoms with Gasteiger partial charge in [-0.25, -0.2) is 0 Å². The van der Waals surface area contributed by atoms with Gasteiger partial charge in [-0.3, -0.25) is 4.90 Å². The molecule has 0 radical (unpaired) electrons. The molecule has 106 valence electrons. The fourth-order valence-corrected chi connectivity index (χ4v) is 2.62. The molecule has 1 saturated heterocycles. The predicted octanol–water partition coefficient (Wildman–Crippen LogP) is 2.10. The van der Waals surface area contributed by atoms with Crippen molar-refractivity contribution in [2.45, 2.75) is 46.1 Å². The summed E-state index contributed by atoms with van der Waals surface area (Å²) in [6, 6.07) is 0.680. The van der Waals surface area contributed by atoms with Gasteiger partial charge in [0.15, 0.2) is 0 Å². The average molecular weight is 271 g/mol. The first-order valence-electron chi connectivity index (χ1n) is 7.09. The van der Waals surface area contributed by atoms with Crippen LogP contribution in [0.15, 0.2) is 0 Å². The van der Waals surface area contributed by atoms with Crippen molar-refractivity contribution in [2.75, 3.05) is 33.2 Å². The van der Waals surface area contributed by atoms with Gasteiger partial charge in [0, 0.05) is 18.0 Å². The standard InChI is InChI=1S/C14H29N3S/c1-5-12-11-16(4)8-6-9-17(12)10-7-14(2,3)13(15)18/h12H,5-11H2,1-4H3,(H2,15,18). The van der Waals surface area contributed by atoms with Crippen molar-refractivity contribution >= 4 is 17.2 Å². The van der Waals surface area contributed by atoms with E-state index in [1.54, 1.807) is 0 Å². The Morgan fingerprint density at radius 2 is 2.06 bits per heavy atom. The van der Waals surface area contributed by atoms with E-state index in [1.165, 1.54) is 32.5 Å². The van der Waals surface area contributed by atoms with Gasteiger partial charge >= 0.3 is 0 Å². The van der Waals surface area contributed by atoms with Crippen LogP contribution in [0.2, 0.25) is 0 Å².